The third-order valence-corrected chi connectivity index (χ3v) is 4.98. The van der Waals surface area contributed by atoms with Gasteiger partial charge in [0, 0.05) is 29.3 Å². The van der Waals surface area contributed by atoms with Crippen LogP contribution >= 0.6 is 11.8 Å². The summed E-state index contributed by atoms with van der Waals surface area (Å²) in [6.07, 6.45) is -4.50. The van der Waals surface area contributed by atoms with Gasteiger partial charge in [0.25, 0.3) is 0 Å². The summed E-state index contributed by atoms with van der Waals surface area (Å²) in [5.41, 5.74) is -0.639. The maximum Gasteiger partial charge on any atom is 0.417 e. The lowest BCUT2D eigenvalue weighted by Crippen LogP contribution is -2.44. The summed E-state index contributed by atoms with van der Waals surface area (Å²) in [4.78, 5) is 1.98. The van der Waals surface area contributed by atoms with Crippen LogP contribution in [0.4, 0.5) is 18.9 Å². The highest BCUT2D eigenvalue weighted by atomic mass is 32.2. The van der Waals surface area contributed by atoms with Crippen LogP contribution in [0.2, 0.25) is 0 Å². The maximum atomic E-state index is 13.0. The van der Waals surface area contributed by atoms with Gasteiger partial charge in [-0.05, 0) is 25.1 Å². The van der Waals surface area contributed by atoms with Crippen molar-refractivity contribution in [3.05, 3.63) is 29.3 Å². The van der Waals surface area contributed by atoms with E-state index < -0.39 is 11.7 Å². The molecule has 1 fully saturated rings. The molecule has 1 aliphatic rings. The van der Waals surface area contributed by atoms with Crippen molar-refractivity contribution in [1.82, 2.24) is 0 Å². The first-order chi connectivity index (χ1) is 9.34. The van der Waals surface area contributed by atoms with Crippen molar-refractivity contribution in [2.24, 2.45) is 0 Å². The van der Waals surface area contributed by atoms with Gasteiger partial charge in [0.1, 0.15) is 0 Å². The molecule has 1 aliphatic heterocycles. The van der Waals surface area contributed by atoms with Crippen LogP contribution in [0.1, 0.15) is 25.0 Å². The lowest BCUT2D eigenvalue weighted by atomic mass is 10.1. The summed E-state index contributed by atoms with van der Waals surface area (Å²) in [6.45, 7) is 4.82. The molecule has 2 atom stereocenters. The first kappa shape index (κ1) is 15.0. The van der Waals surface area contributed by atoms with E-state index in [1.807, 2.05) is 23.6 Å². The smallest absolute Gasteiger partial charge is 0.367 e. The minimum atomic E-state index is -4.50. The average Bonchev–Trinajstić information content (AvgIpc) is 2.40. The van der Waals surface area contributed by atoms with Crippen LogP contribution in [0.25, 0.3) is 0 Å². The molecule has 0 saturated carbocycles. The van der Waals surface area contributed by atoms with Crippen LogP contribution in [0.3, 0.4) is 0 Å². The number of thioether (sulfide) groups is 1. The van der Waals surface area contributed by atoms with Crippen LogP contribution in [-0.2, 0) is 6.18 Å². The Hall–Kier alpha value is -1.35. The Morgan fingerprint density at radius 2 is 2.05 bits per heavy atom. The molecular formula is C14H15F3N2S. The van der Waals surface area contributed by atoms with E-state index in [0.717, 1.165) is 18.4 Å². The molecule has 0 bridgehead atoms. The van der Waals surface area contributed by atoms with E-state index in [0.29, 0.717) is 10.9 Å². The number of nitrogens with zero attached hydrogens (tertiary/aromatic N) is 2. The normalized spacial score (nSPS) is 23.5. The summed E-state index contributed by atoms with van der Waals surface area (Å²) < 4.78 is 38.9. The minimum absolute atomic E-state index is 0.169. The van der Waals surface area contributed by atoms with Gasteiger partial charge in [-0.3, -0.25) is 0 Å². The summed E-state index contributed by atoms with van der Waals surface area (Å²) in [7, 11) is 0. The Labute approximate surface area is 120 Å². The predicted octanol–water partition coefficient (Wildman–Crippen LogP) is 3.91. The van der Waals surface area contributed by atoms with Crippen molar-refractivity contribution >= 4 is 17.4 Å². The largest absolute Gasteiger partial charge is 0.417 e. The Kier molecular flexibility index (Phi) is 4.19. The number of hydrogen-bond acceptors (Lipinski definition) is 3. The van der Waals surface area contributed by atoms with E-state index in [2.05, 4.69) is 6.92 Å². The minimum Gasteiger partial charge on any atom is -0.367 e. The molecule has 20 heavy (non-hydrogen) atoms. The fourth-order valence-electron chi connectivity index (χ4n) is 2.34. The van der Waals surface area contributed by atoms with Gasteiger partial charge in [-0.1, -0.05) is 6.92 Å². The Balaban J connectivity index is 2.41. The molecule has 0 aliphatic carbocycles. The zero-order chi connectivity index (χ0) is 14.9. The molecule has 0 amide bonds. The fraction of sp³-hybridized carbons (Fsp3) is 0.500. The molecule has 2 unspecified atom stereocenters. The average molecular weight is 300 g/mol. The standard InChI is InChI=1S/C14H15F3N2S/c1-9-10(2)20-6-5-19(9)12-4-3-11(8-18)13(7-12)14(15,16)17/h3-4,7,9-10H,5-6H2,1-2H3. The SMILES string of the molecule is CC1SCCN(c2ccc(C#N)c(C(F)(F)F)c2)C1C. The summed E-state index contributed by atoms with van der Waals surface area (Å²) in [5.74, 6) is 0.896. The number of halogens is 3. The van der Waals surface area contributed by atoms with E-state index in [1.165, 1.54) is 6.07 Å². The topological polar surface area (TPSA) is 27.0 Å². The van der Waals surface area contributed by atoms with Crippen LogP contribution in [0.5, 0.6) is 0 Å². The third-order valence-electron chi connectivity index (χ3n) is 3.64. The number of alkyl halides is 3. The van der Waals surface area contributed by atoms with Crippen LogP contribution in [-0.4, -0.2) is 23.6 Å². The van der Waals surface area contributed by atoms with Gasteiger partial charge in [-0.2, -0.15) is 30.2 Å². The van der Waals surface area contributed by atoms with Gasteiger partial charge in [0.05, 0.1) is 17.2 Å². The van der Waals surface area contributed by atoms with Crippen LogP contribution < -0.4 is 4.90 Å². The van der Waals surface area contributed by atoms with Gasteiger partial charge in [0.2, 0.25) is 0 Å². The van der Waals surface area contributed by atoms with Crippen LogP contribution in [0.15, 0.2) is 18.2 Å². The van der Waals surface area contributed by atoms with Crippen molar-refractivity contribution in [1.29, 1.82) is 5.26 Å². The first-order valence-electron chi connectivity index (χ1n) is 6.34. The van der Waals surface area contributed by atoms with Gasteiger partial charge in [-0.15, -0.1) is 0 Å². The van der Waals surface area contributed by atoms with E-state index >= 15 is 0 Å². The van der Waals surface area contributed by atoms with Crippen molar-refractivity contribution < 1.29 is 13.2 Å². The second-order valence-electron chi connectivity index (χ2n) is 4.85. The maximum absolute atomic E-state index is 13.0. The van der Waals surface area contributed by atoms with E-state index in [1.54, 1.807) is 12.1 Å². The van der Waals surface area contributed by atoms with Crippen LogP contribution in [0, 0.1) is 11.3 Å². The molecular weight excluding hydrogens is 285 g/mol. The van der Waals surface area contributed by atoms with E-state index in [4.69, 9.17) is 5.26 Å². The molecule has 1 aromatic carbocycles. The monoisotopic (exact) mass is 300 g/mol. The van der Waals surface area contributed by atoms with E-state index in [9.17, 15) is 13.2 Å². The Bertz CT molecular complexity index is 536. The number of nitriles is 1. The lowest BCUT2D eigenvalue weighted by Gasteiger charge is -2.39. The molecule has 2 nitrogen and oxygen atoms in total. The fourth-order valence-corrected chi connectivity index (χ4v) is 3.44. The number of anilines is 1. The quantitative estimate of drug-likeness (QED) is 0.787. The Morgan fingerprint density at radius 1 is 1.35 bits per heavy atom. The van der Waals surface area contributed by atoms with Gasteiger partial charge < -0.3 is 4.90 Å². The van der Waals surface area contributed by atoms with Crippen molar-refractivity contribution in [2.45, 2.75) is 31.3 Å². The zero-order valence-electron chi connectivity index (χ0n) is 11.2. The molecule has 1 heterocycles. The number of hydrogen-bond donors (Lipinski definition) is 0. The van der Waals surface area contributed by atoms with Gasteiger partial charge in [0.15, 0.2) is 0 Å². The molecule has 2 rings (SSSR count). The number of benzene rings is 1. The molecule has 1 saturated heterocycles. The van der Waals surface area contributed by atoms with E-state index in [-0.39, 0.29) is 11.6 Å². The summed E-state index contributed by atoms with van der Waals surface area (Å²) >= 11 is 1.83. The molecule has 0 radical (unpaired) electrons. The Morgan fingerprint density at radius 3 is 2.65 bits per heavy atom. The highest BCUT2D eigenvalue weighted by Crippen LogP contribution is 2.36. The van der Waals surface area contributed by atoms with Gasteiger partial charge >= 0.3 is 6.18 Å². The number of rotatable bonds is 1. The second kappa shape index (κ2) is 5.57. The van der Waals surface area contributed by atoms with Crippen molar-refractivity contribution in [2.75, 3.05) is 17.2 Å². The lowest BCUT2D eigenvalue weighted by molar-refractivity contribution is -0.137. The predicted molar refractivity (Wildman–Crippen MR) is 74.9 cm³/mol. The molecule has 0 spiro atoms. The van der Waals surface area contributed by atoms with Crippen molar-refractivity contribution in [3.63, 3.8) is 0 Å². The highest BCUT2D eigenvalue weighted by Gasteiger charge is 2.35. The molecule has 108 valence electrons. The second-order valence-corrected chi connectivity index (χ2v) is 6.33. The summed E-state index contributed by atoms with van der Waals surface area (Å²) in [5, 5.41) is 9.18. The molecule has 6 heteroatoms. The van der Waals surface area contributed by atoms with Gasteiger partial charge in [-0.25, -0.2) is 0 Å². The van der Waals surface area contributed by atoms with Crippen molar-refractivity contribution in [3.8, 4) is 6.07 Å². The first-order valence-corrected chi connectivity index (χ1v) is 7.39. The zero-order valence-corrected chi connectivity index (χ0v) is 12.1. The highest BCUT2D eigenvalue weighted by molar-refractivity contribution is 8.00. The summed E-state index contributed by atoms with van der Waals surface area (Å²) in [6, 6.07) is 5.74. The molecule has 0 N–H and O–H groups in total. The molecule has 1 aromatic rings. The molecule has 0 aromatic heterocycles. The third kappa shape index (κ3) is 2.88.